The molecule has 2 fully saturated rings. The third-order valence-corrected chi connectivity index (χ3v) is 3.86. The van der Waals surface area contributed by atoms with Crippen molar-refractivity contribution in [3.8, 4) is 0 Å². The first kappa shape index (κ1) is 11.9. The monoisotopic (exact) mass is 226 g/mol. The average Bonchev–Trinajstić information content (AvgIpc) is 2.75. The lowest BCUT2D eigenvalue weighted by Gasteiger charge is -2.33. The SMILES string of the molecule is CC1OCCC1C(=O)N(C)C1CCCNC1. The van der Waals surface area contributed by atoms with Crippen LogP contribution in [0.2, 0.25) is 0 Å². The number of nitrogens with zero attached hydrogens (tertiary/aromatic N) is 1. The maximum Gasteiger partial charge on any atom is 0.228 e. The predicted molar refractivity (Wildman–Crippen MR) is 62.2 cm³/mol. The first-order valence-electron chi connectivity index (χ1n) is 6.29. The number of carbonyl (C=O) groups excluding carboxylic acids is 1. The normalized spacial score (nSPS) is 35.0. The molecule has 0 radical (unpaired) electrons. The fourth-order valence-electron chi connectivity index (χ4n) is 2.66. The minimum absolute atomic E-state index is 0.0759. The first-order chi connectivity index (χ1) is 7.70. The molecule has 2 saturated heterocycles. The Bertz CT molecular complexity index is 251. The molecular weight excluding hydrogens is 204 g/mol. The summed E-state index contributed by atoms with van der Waals surface area (Å²) in [6.45, 7) is 4.75. The average molecular weight is 226 g/mol. The van der Waals surface area contributed by atoms with Gasteiger partial charge in [0.15, 0.2) is 0 Å². The smallest absolute Gasteiger partial charge is 0.228 e. The Hall–Kier alpha value is -0.610. The zero-order valence-corrected chi connectivity index (χ0v) is 10.2. The molecule has 0 saturated carbocycles. The molecule has 2 rings (SSSR count). The van der Waals surface area contributed by atoms with Crippen LogP contribution in [0, 0.1) is 5.92 Å². The first-order valence-corrected chi connectivity index (χ1v) is 6.29. The van der Waals surface area contributed by atoms with E-state index < -0.39 is 0 Å². The van der Waals surface area contributed by atoms with Crippen molar-refractivity contribution in [2.24, 2.45) is 5.92 Å². The largest absolute Gasteiger partial charge is 0.378 e. The molecule has 0 aromatic rings. The lowest BCUT2D eigenvalue weighted by molar-refractivity contribution is -0.138. The van der Waals surface area contributed by atoms with Gasteiger partial charge in [-0.25, -0.2) is 0 Å². The summed E-state index contributed by atoms with van der Waals surface area (Å²) < 4.78 is 5.46. The molecular formula is C12H22N2O2. The number of hydrogen-bond donors (Lipinski definition) is 1. The molecule has 1 N–H and O–H groups in total. The molecule has 3 atom stereocenters. The maximum atomic E-state index is 12.3. The van der Waals surface area contributed by atoms with E-state index in [1.165, 1.54) is 6.42 Å². The number of ether oxygens (including phenoxy) is 1. The molecule has 2 aliphatic heterocycles. The highest BCUT2D eigenvalue weighted by atomic mass is 16.5. The minimum atomic E-state index is 0.0759. The summed E-state index contributed by atoms with van der Waals surface area (Å²) in [7, 11) is 1.94. The third-order valence-electron chi connectivity index (χ3n) is 3.86. The maximum absolute atomic E-state index is 12.3. The van der Waals surface area contributed by atoms with E-state index in [0.29, 0.717) is 6.04 Å². The molecule has 0 bridgehead atoms. The number of amides is 1. The molecule has 4 nitrogen and oxygen atoms in total. The summed E-state index contributed by atoms with van der Waals surface area (Å²) in [6, 6.07) is 0.369. The summed E-state index contributed by atoms with van der Waals surface area (Å²) >= 11 is 0. The topological polar surface area (TPSA) is 41.6 Å². The number of hydrogen-bond acceptors (Lipinski definition) is 3. The van der Waals surface area contributed by atoms with Crippen molar-refractivity contribution in [2.45, 2.75) is 38.3 Å². The molecule has 92 valence electrons. The summed E-state index contributed by atoms with van der Waals surface area (Å²) in [6.07, 6.45) is 3.26. The van der Waals surface area contributed by atoms with Gasteiger partial charge in [-0.3, -0.25) is 4.79 Å². The van der Waals surface area contributed by atoms with E-state index in [-0.39, 0.29) is 17.9 Å². The van der Waals surface area contributed by atoms with Crippen LogP contribution in [0.15, 0.2) is 0 Å². The van der Waals surface area contributed by atoms with Gasteiger partial charge < -0.3 is 15.0 Å². The molecule has 0 spiro atoms. The molecule has 4 heteroatoms. The van der Waals surface area contributed by atoms with Crippen molar-refractivity contribution in [1.82, 2.24) is 10.2 Å². The quantitative estimate of drug-likeness (QED) is 0.750. The van der Waals surface area contributed by atoms with Crippen LogP contribution < -0.4 is 5.32 Å². The lowest BCUT2D eigenvalue weighted by atomic mass is 9.98. The Morgan fingerprint density at radius 3 is 2.81 bits per heavy atom. The molecule has 2 aliphatic rings. The molecule has 1 amide bonds. The van der Waals surface area contributed by atoms with Gasteiger partial charge in [0.1, 0.15) is 0 Å². The van der Waals surface area contributed by atoms with E-state index in [0.717, 1.165) is 32.5 Å². The summed E-state index contributed by atoms with van der Waals surface area (Å²) in [5.41, 5.74) is 0. The van der Waals surface area contributed by atoms with Crippen molar-refractivity contribution < 1.29 is 9.53 Å². The Kier molecular flexibility index (Phi) is 3.82. The Morgan fingerprint density at radius 2 is 2.25 bits per heavy atom. The van der Waals surface area contributed by atoms with Gasteiger partial charge in [0, 0.05) is 26.2 Å². The Morgan fingerprint density at radius 1 is 1.44 bits per heavy atom. The highest BCUT2D eigenvalue weighted by molar-refractivity contribution is 5.79. The van der Waals surface area contributed by atoms with E-state index in [1.54, 1.807) is 0 Å². The zero-order chi connectivity index (χ0) is 11.5. The van der Waals surface area contributed by atoms with Crippen molar-refractivity contribution in [1.29, 1.82) is 0 Å². The van der Waals surface area contributed by atoms with Crippen LogP contribution in [0.25, 0.3) is 0 Å². The van der Waals surface area contributed by atoms with Gasteiger partial charge in [-0.2, -0.15) is 0 Å². The molecule has 0 aliphatic carbocycles. The van der Waals surface area contributed by atoms with Crippen molar-refractivity contribution in [3.05, 3.63) is 0 Å². The van der Waals surface area contributed by atoms with Gasteiger partial charge in [-0.05, 0) is 32.7 Å². The van der Waals surface area contributed by atoms with Crippen molar-refractivity contribution >= 4 is 5.91 Å². The van der Waals surface area contributed by atoms with E-state index >= 15 is 0 Å². The van der Waals surface area contributed by atoms with Gasteiger partial charge in [0.2, 0.25) is 5.91 Å². The van der Waals surface area contributed by atoms with Crippen molar-refractivity contribution in [2.75, 3.05) is 26.7 Å². The molecule has 16 heavy (non-hydrogen) atoms. The van der Waals surface area contributed by atoms with E-state index in [4.69, 9.17) is 4.74 Å². The van der Waals surface area contributed by atoms with Crippen LogP contribution in [-0.4, -0.2) is 49.7 Å². The minimum Gasteiger partial charge on any atom is -0.378 e. The van der Waals surface area contributed by atoms with Crippen LogP contribution >= 0.6 is 0 Å². The molecule has 3 unspecified atom stereocenters. The Labute approximate surface area is 97.3 Å². The molecule has 2 heterocycles. The molecule has 0 aromatic heterocycles. The second kappa shape index (κ2) is 5.15. The van der Waals surface area contributed by atoms with E-state index in [9.17, 15) is 4.79 Å². The number of likely N-dealkylation sites (N-methyl/N-ethyl adjacent to an activating group) is 1. The standard InChI is InChI=1S/C12H22N2O2/c1-9-11(5-7-16-9)12(15)14(2)10-4-3-6-13-8-10/h9-11,13H,3-8H2,1-2H3. The van der Waals surface area contributed by atoms with Crippen LogP contribution in [0.4, 0.5) is 0 Å². The number of rotatable bonds is 2. The van der Waals surface area contributed by atoms with Crippen LogP contribution in [0.1, 0.15) is 26.2 Å². The number of piperidine rings is 1. The van der Waals surface area contributed by atoms with E-state index in [2.05, 4.69) is 5.32 Å². The summed E-state index contributed by atoms with van der Waals surface area (Å²) in [5, 5.41) is 3.35. The number of nitrogens with one attached hydrogen (secondary N) is 1. The second-order valence-corrected chi connectivity index (χ2v) is 4.92. The van der Waals surface area contributed by atoms with Gasteiger partial charge >= 0.3 is 0 Å². The molecule has 0 aromatic carbocycles. The highest BCUT2D eigenvalue weighted by Gasteiger charge is 2.34. The van der Waals surface area contributed by atoms with Crippen LogP contribution in [-0.2, 0) is 9.53 Å². The number of carbonyl (C=O) groups is 1. The van der Waals surface area contributed by atoms with Crippen molar-refractivity contribution in [3.63, 3.8) is 0 Å². The Balaban J connectivity index is 1.92. The van der Waals surface area contributed by atoms with Gasteiger partial charge in [-0.1, -0.05) is 0 Å². The van der Waals surface area contributed by atoms with Gasteiger partial charge in [0.05, 0.1) is 12.0 Å². The second-order valence-electron chi connectivity index (χ2n) is 4.92. The lowest BCUT2D eigenvalue weighted by Crippen LogP contribution is -2.49. The highest BCUT2D eigenvalue weighted by Crippen LogP contribution is 2.23. The fraction of sp³-hybridized carbons (Fsp3) is 0.917. The van der Waals surface area contributed by atoms with Crippen LogP contribution in [0.5, 0.6) is 0 Å². The zero-order valence-electron chi connectivity index (χ0n) is 10.2. The third kappa shape index (κ3) is 2.38. The summed E-state index contributed by atoms with van der Waals surface area (Å²) in [4.78, 5) is 14.2. The summed E-state index contributed by atoms with van der Waals surface area (Å²) in [5.74, 6) is 0.339. The van der Waals surface area contributed by atoms with E-state index in [1.807, 2.05) is 18.9 Å². The predicted octanol–water partition coefficient (Wildman–Crippen LogP) is 0.622. The van der Waals surface area contributed by atoms with Gasteiger partial charge in [0.25, 0.3) is 0 Å². The fourth-order valence-corrected chi connectivity index (χ4v) is 2.66. The van der Waals surface area contributed by atoms with Crippen LogP contribution in [0.3, 0.4) is 0 Å². The van der Waals surface area contributed by atoms with Gasteiger partial charge in [-0.15, -0.1) is 0 Å².